The minimum Gasteiger partial charge on any atom is -0.384 e. The van der Waals surface area contributed by atoms with E-state index in [0.717, 1.165) is 17.8 Å². The average molecular weight is 255 g/mol. The zero-order valence-electron chi connectivity index (χ0n) is 12.0. The molecule has 4 fully saturated rings. The normalized spacial score (nSPS) is 39.5. The predicted molar refractivity (Wildman–Crippen MR) is 80.3 cm³/mol. The highest BCUT2D eigenvalue weighted by Crippen LogP contribution is 2.59. The van der Waals surface area contributed by atoms with E-state index in [1.165, 1.54) is 37.1 Å². The van der Waals surface area contributed by atoms with E-state index in [2.05, 4.69) is 36.5 Å². The van der Waals surface area contributed by atoms with Crippen LogP contribution in [0.3, 0.4) is 0 Å². The van der Waals surface area contributed by atoms with Crippen LogP contribution in [0.2, 0.25) is 0 Å². The van der Waals surface area contributed by atoms with Crippen molar-refractivity contribution in [3.63, 3.8) is 0 Å². The van der Waals surface area contributed by atoms with Crippen LogP contribution >= 0.6 is 0 Å². The second-order valence-corrected chi connectivity index (χ2v) is 7.64. The quantitative estimate of drug-likeness (QED) is 0.830. The fraction of sp³-hybridized carbons (Fsp3) is 0.667. The van der Waals surface area contributed by atoms with Crippen LogP contribution in [0.1, 0.15) is 44.1 Å². The van der Waals surface area contributed by atoms with Gasteiger partial charge in [0.1, 0.15) is 0 Å². The minimum absolute atomic E-state index is 0.639. The van der Waals surface area contributed by atoms with Gasteiger partial charge in [-0.3, -0.25) is 0 Å². The first-order chi connectivity index (χ1) is 9.21. The van der Waals surface area contributed by atoms with Gasteiger partial charge in [0.25, 0.3) is 0 Å². The Morgan fingerprint density at radius 2 is 1.47 bits per heavy atom. The topological polar surface area (TPSA) is 12.0 Å². The van der Waals surface area contributed by atoms with Crippen molar-refractivity contribution in [3.05, 3.63) is 29.8 Å². The minimum atomic E-state index is 0.639. The summed E-state index contributed by atoms with van der Waals surface area (Å²) in [6, 6.07) is 8.88. The zero-order chi connectivity index (χ0) is 12.9. The predicted octanol–water partition coefficient (Wildman–Crippen LogP) is 4.62. The summed E-state index contributed by atoms with van der Waals surface area (Å²) >= 11 is 0. The van der Waals surface area contributed by atoms with Gasteiger partial charge in [-0.05, 0) is 80.8 Å². The monoisotopic (exact) mass is 255 g/mol. The van der Waals surface area contributed by atoms with E-state index in [-0.39, 0.29) is 0 Å². The Morgan fingerprint density at radius 1 is 0.947 bits per heavy atom. The fourth-order valence-corrected chi connectivity index (χ4v) is 5.47. The number of rotatable bonds is 3. The van der Waals surface area contributed by atoms with Gasteiger partial charge in [0, 0.05) is 12.2 Å². The molecule has 5 rings (SSSR count). The SMILES string of the molecule is Cc1ccc(NCC23CC4CC(CC(C4)C2)C3)cc1. The summed E-state index contributed by atoms with van der Waals surface area (Å²) in [6.45, 7) is 3.36. The summed E-state index contributed by atoms with van der Waals surface area (Å²) in [5, 5.41) is 3.73. The molecule has 0 aromatic heterocycles. The molecule has 0 heterocycles. The van der Waals surface area contributed by atoms with Gasteiger partial charge in [0.2, 0.25) is 0 Å². The van der Waals surface area contributed by atoms with E-state index < -0.39 is 0 Å². The van der Waals surface area contributed by atoms with Crippen LogP contribution in [-0.4, -0.2) is 6.54 Å². The van der Waals surface area contributed by atoms with Crippen molar-refractivity contribution in [2.45, 2.75) is 45.4 Å². The lowest BCUT2D eigenvalue weighted by Gasteiger charge is -2.57. The average Bonchev–Trinajstić information content (AvgIpc) is 2.36. The van der Waals surface area contributed by atoms with E-state index in [4.69, 9.17) is 0 Å². The fourth-order valence-electron chi connectivity index (χ4n) is 5.47. The number of hydrogen-bond acceptors (Lipinski definition) is 1. The first-order valence-electron chi connectivity index (χ1n) is 8.01. The van der Waals surface area contributed by atoms with Crippen LogP contribution in [0.4, 0.5) is 5.69 Å². The molecule has 0 saturated heterocycles. The number of hydrogen-bond donors (Lipinski definition) is 1. The second kappa shape index (κ2) is 4.26. The van der Waals surface area contributed by atoms with E-state index in [0.29, 0.717) is 5.41 Å². The third-order valence-electron chi connectivity index (χ3n) is 5.88. The van der Waals surface area contributed by atoms with Crippen molar-refractivity contribution in [1.82, 2.24) is 0 Å². The number of aryl methyl sites for hydroxylation is 1. The summed E-state index contributed by atoms with van der Waals surface area (Å²) in [6.07, 6.45) is 9.13. The van der Waals surface area contributed by atoms with Gasteiger partial charge in [-0.2, -0.15) is 0 Å². The summed E-state index contributed by atoms with van der Waals surface area (Å²) < 4.78 is 0. The van der Waals surface area contributed by atoms with Crippen LogP contribution < -0.4 is 5.32 Å². The highest BCUT2D eigenvalue weighted by molar-refractivity contribution is 5.44. The lowest BCUT2D eigenvalue weighted by molar-refractivity contribution is -0.0444. The smallest absolute Gasteiger partial charge is 0.0340 e. The first kappa shape index (κ1) is 11.8. The van der Waals surface area contributed by atoms with Gasteiger partial charge in [0.05, 0.1) is 0 Å². The molecule has 0 amide bonds. The molecule has 1 nitrogen and oxygen atoms in total. The number of anilines is 1. The Kier molecular flexibility index (Phi) is 2.65. The van der Waals surface area contributed by atoms with Crippen molar-refractivity contribution < 1.29 is 0 Å². The molecular formula is C18H25N. The molecular weight excluding hydrogens is 230 g/mol. The van der Waals surface area contributed by atoms with Gasteiger partial charge >= 0.3 is 0 Å². The Balaban J connectivity index is 1.46. The van der Waals surface area contributed by atoms with Crippen molar-refractivity contribution in [2.24, 2.45) is 23.2 Å². The molecule has 19 heavy (non-hydrogen) atoms. The zero-order valence-corrected chi connectivity index (χ0v) is 12.0. The molecule has 1 aromatic rings. The summed E-state index contributed by atoms with van der Waals surface area (Å²) in [7, 11) is 0. The van der Waals surface area contributed by atoms with E-state index in [9.17, 15) is 0 Å². The maximum Gasteiger partial charge on any atom is 0.0340 e. The standard InChI is InChI=1S/C18H25N/c1-13-2-4-17(5-3-13)19-12-18-9-14-6-15(10-18)8-16(7-14)11-18/h2-5,14-16,19H,6-12H2,1H3. The maximum atomic E-state index is 3.73. The third-order valence-corrected chi connectivity index (χ3v) is 5.88. The highest BCUT2D eigenvalue weighted by atomic mass is 14.9. The Bertz CT molecular complexity index is 424. The molecule has 4 bridgehead atoms. The van der Waals surface area contributed by atoms with Crippen molar-refractivity contribution in [2.75, 3.05) is 11.9 Å². The lowest BCUT2D eigenvalue weighted by atomic mass is 9.49. The van der Waals surface area contributed by atoms with E-state index in [1.807, 2.05) is 0 Å². The molecule has 0 atom stereocenters. The van der Waals surface area contributed by atoms with Crippen molar-refractivity contribution in [1.29, 1.82) is 0 Å². The molecule has 1 heteroatoms. The van der Waals surface area contributed by atoms with Crippen LogP contribution in [0.5, 0.6) is 0 Å². The number of benzene rings is 1. The van der Waals surface area contributed by atoms with Crippen LogP contribution in [0, 0.1) is 30.1 Å². The molecule has 1 aromatic carbocycles. The Morgan fingerprint density at radius 3 is 2.00 bits per heavy atom. The van der Waals surface area contributed by atoms with Gasteiger partial charge in [-0.15, -0.1) is 0 Å². The molecule has 0 aliphatic heterocycles. The van der Waals surface area contributed by atoms with E-state index in [1.54, 1.807) is 19.3 Å². The molecule has 0 spiro atoms. The Labute approximate surface area is 116 Å². The van der Waals surface area contributed by atoms with Gasteiger partial charge in [0.15, 0.2) is 0 Å². The summed E-state index contributed by atoms with van der Waals surface area (Å²) in [4.78, 5) is 0. The molecule has 0 unspecified atom stereocenters. The molecule has 102 valence electrons. The lowest BCUT2D eigenvalue weighted by Crippen LogP contribution is -2.49. The van der Waals surface area contributed by atoms with Gasteiger partial charge in [-0.1, -0.05) is 17.7 Å². The van der Waals surface area contributed by atoms with Crippen molar-refractivity contribution in [3.8, 4) is 0 Å². The van der Waals surface area contributed by atoms with Crippen LogP contribution in [0.25, 0.3) is 0 Å². The molecule has 4 aliphatic carbocycles. The highest BCUT2D eigenvalue weighted by Gasteiger charge is 2.50. The summed E-state index contributed by atoms with van der Waals surface area (Å²) in [5.74, 6) is 3.18. The molecule has 0 radical (unpaired) electrons. The van der Waals surface area contributed by atoms with Crippen molar-refractivity contribution >= 4 is 5.69 Å². The van der Waals surface area contributed by atoms with E-state index >= 15 is 0 Å². The number of nitrogens with one attached hydrogen (secondary N) is 1. The van der Waals surface area contributed by atoms with Crippen LogP contribution in [0.15, 0.2) is 24.3 Å². The van der Waals surface area contributed by atoms with Gasteiger partial charge < -0.3 is 5.32 Å². The first-order valence-corrected chi connectivity index (χ1v) is 8.01. The second-order valence-electron chi connectivity index (χ2n) is 7.64. The van der Waals surface area contributed by atoms with Crippen LogP contribution in [-0.2, 0) is 0 Å². The summed E-state index contributed by atoms with van der Waals surface area (Å²) in [5.41, 5.74) is 3.29. The molecule has 4 aliphatic rings. The maximum absolute atomic E-state index is 3.73. The molecule has 1 N–H and O–H groups in total. The third kappa shape index (κ3) is 2.17. The largest absolute Gasteiger partial charge is 0.384 e. The Hall–Kier alpha value is -0.980. The molecule has 4 saturated carbocycles. The van der Waals surface area contributed by atoms with Gasteiger partial charge in [-0.25, -0.2) is 0 Å².